The van der Waals surface area contributed by atoms with E-state index in [0.717, 1.165) is 5.56 Å². The van der Waals surface area contributed by atoms with E-state index in [-0.39, 0.29) is 171 Å². The lowest BCUT2D eigenvalue weighted by atomic mass is 10.2. The molecule has 28 nitrogen and oxygen atoms in total. The van der Waals surface area contributed by atoms with Gasteiger partial charge >= 0.3 is 47.8 Å². The Kier molecular flexibility index (Phi) is 194. The molecule has 28 heteroatoms. The summed E-state index contributed by atoms with van der Waals surface area (Å²) < 4.78 is 35.7. The number of ether oxygens (including phenoxy) is 8. The van der Waals surface area contributed by atoms with Gasteiger partial charge in [0.1, 0.15) is 38.3 Å². The molecule has 0 atom stereocenters. The molecule has 2 aromatic carbocycles. The van der Waals surface area contributed by atoms with E-state index < -0.39 is 30.1 Å². The zero-order valence-corrected chi connectivity index (χ0v) is 56.3. The monoisotopic (exact) mass is 1390 g/mol. The SMILES string of the molecule is C.C.C.C.C.C.CC(=O)OCC(COC(C)=O)OC(C)=O.CC(=O)OCCOC(C)=O.CC(C)=O.CC(C)O.CC=NC.CCCC.CCO.CCO.CCO.COC(=O)c1ccccc1.COC(C)=O.COC(C)=O.OCC(O)CO.OCCO.OCc1ccccc1.[HH].[HH].[HH].[HH]. The number of ketones is 1. The van der Waals surface area contributed by atoms with Gasteiger partial charge in [0.25, 0.3) is 0 Å². The van der Waals surface area contributed by atoms with Crippen LogP contribution in [0.2, 0.25) is 0 Å². The summed E-state index contributed by atoms with van der Waals surface area (Å²) in [5.74, 6) is -2.86. The van der Waals surface area contributed by atoms with Crippen molar-refractivity contribution in [3.8, 4) is 0 Å². The minimum absolute atomic E-state index is 0. The fourth-order valence-electron chi connectivity index (χ4n) is 2.48. The van der Waals surface area contributed by atoms with Crippen molar-refractivity contribution < 1.29 is 138 Å². The van der Waals surface area contributed by atoms with Crippen molar-refractivity contribution in [1.82, 2.24) is 0 Å². The number of hydrogen-bond acceptors (Lipinski definition) is 28. The molecule has 0 fully saturated rings. The molecule has 0 aliphatic rings. The van der Waals surface area contributed by atoms with Gasteiger partial charge in [0.15, 0.2) is 6.10 Å². The van der Waals surface area contributed by atoms with E-state index >= 15 is 0 Å². The Morgan fingerprint density at radius 1 is 0.468 bits per heavy atom. The highest BCUT2D eigenvalue weighted by Gasteiger charge is 2.15. The van der Waals surface area contributed by atoms with Crippen molar-refractivity contribution >= 4 is 59.8 Å². The maximum absolute atomic E-state index is 10.8. The van der Waals surface area contributed by atoms with Crippen molar-refractivity contribution in [3.63, 3.8) is 0 Å². The van der Waals surface area contributed by atoms with Crippen LogP contribution in [0.15, 0.2) is 65.7 Å². The lowest BCUT2D eigenvalue weighted by Crippen LogP contribution is -2.29. The summed E-state index contributed by atoms with van der Waals surface area (Å²) in [6.07, 6.45) is 2.51. The van der Waals surface area contributed by atoms with Gasteiger partial charge in [-0.25, -0.2) is 4.79 Å². The first-order chi connectivity index (χ1) is 41.1. The van der Waals surface area contributed by atoms with Gasteiger partial charge in [0, 0.05) is 87.1 Å². The zero-order valence-electron chi connectivity index (χ0n) is 56.3. The first-order valence-electron chi connectivity index (χ1n) is 27.2. The van der Waals surface area contributed by atoms with Crippen LogP contribution in [0.5, 0.6) is 0 Å². The molecule has 2 aromatic rings. The fourth-order valence-corrected chi connectivity index (χ4v) is 2.48. The van der Waals surface area contributed by atoms with Crippen LogP contribution in [0.3, 0.4) is 0 Å². The first-order valence-corrected chi connectivity index (χ1v) is 27.2. The fraction of sp³-hybridized carbons (Fsp3) is 0.667. The number of hydrogen-bond donors (Lipinski definition) is 10. The van der Waals surface area contributed by atoms with E-state index in [2.05, 4.69) is 52.0 Å². The van der Waals surface area contributed by atoms with E-state index in [1.165, 1.54) is 96.5 Å². The molecule has 0 heterocycles. The van der Waals surface area contributed by atoms with Crippen molar-refractivity contribution in [2.45, 2.75) is 200 Å². The van der Waals surface area contributed by atoms with Gasteiger partial charge in [-0.1, -0.05) is 120 Å². The van der Waals surface area contributed by atoms with Crippen molar-refractivity contribution in [1.29, 1.82) is 0 Å². The molecule has 0 amide bonds. The second-order valence-electron chi connectivity index (χ2n) is 15.3. The van der Waals surface area contributed by atoms with Crippen molar-refractivity contribution in [3.05, 3.63) is 71.8 Å². The summed E-state index contributed by atoms with van der Waals surface area (Å²) in [7, 11) is 5.82. The molecule has 0 unspecified atom stereocenters. The van der Waals surface area contributed by atoms with Gasteiger partial charge in [-0.05, 0) is 79.3 Å². The topological polar surface area (TPSA) is 442 Å². The zero-order chi connectivity index (χ0) is 72.1. The molecular weight excluding hydrogens is 1240 g/mol. The summed E-state index contributed by atoms with van der Waals surface area (Å²) in [5, 5.41) is 78.6. The molecule has 0 spiro atoms. The molecule has 0 saturated carbocycles. The van der Waals surface area contributed by atoms with Crippen molar-refractivity contribution in [2.75, 3.05) is 101 Å². The van der Waals surface area contributed by atoms with Gasteiger partial charge < -0.3 is 98.7 Å². The predicted molar refractivity (Wildman–Crippen MR) is 383 cm³/mol. The van der Waals surface area contributed by atoms with Gasteiger partial charge in [0.2, 0.25) is 0 Å². The van der Waals surface area contributed by atoms with Crippen LogP contribution >= 0.6 is 0 Å². The van der Waals surface area contributed by atoms with E-state index in [0.29, 0.717) is 5.56 Å². The van der Waals surface area contributed by atoms with Gasteiger partial charge in [-0.2, -0.15) is 0 Å². The van der Waals surface area contributed by atoms with Crippen LogP contribution in [-0.4, -0.2) is 230 Å². The summed E-state index contributed by atoms with van der Waals surface area (Å²) in [5.41, 5.74) is 1.55. The summed E-state index contributed by atoms with van der Waals surface area (Å²) in [6, 6.07) is 18.4. The lowest BCUT2D eigenvalue weighted by molar-refractivity contribution is -0.163. The van der Waals surface area contributed by atoms with Gasteiger partial charge in [-0.3, -0.25) is 33.6 Å². The molecular formula is C66H147NO27. The molecule has 10 N–H and O–H groups in total. The van der Waals surface area contributed by atoms with E-state index in [4.69, 9.17) is 55.8 Å². The highest BCUT2D eigenvalue weighted by molar-refractivity contribution is 5.89. The maximum Gasteiger partial charge on any atom is 0.337 e. The summed E-state index contributed by atoms with van der Waals surface area (Å²) >= 11 is 0. The molecule has 0 aliphatic heterocycles. The average molecular weight is 1390 g/mol. The number of aliphatic hydroxyl groups excluding tert-OH is 10. The molecule has 0 bridgehead atoms. The number of unbranched alkanes of at least 4 members (excludes halogenated alkanes) is 1. The standard InChI is InChI=1S/C9H14O6.C8H8O2.C7H8O.C6H10O4.C4H10.C3H7N.C3H8O3.2C3H6O2.C3H8O.C3H6O.C2H6O2.3C2H6O.6CH4.4H2/c1-6(10)13-4-9(15-8(3)12)5-14-7(2)11;1-10-8(9)7-5-3-2-4-6-7;8-6-7-4-2-1-3-5-7;1-5(7)9-3-4-10-6(2)8;2*1-3-4-2;4-1-3(6)2-5;2*1-3(4)5-2;2*1-3(2)4;3-1-2-4;3*1-2-3;;;;;;;;;;/h9H,4-5H2,1-3H3;2-6H,1H3;1-5,8H,6H2;3-4H2,1-2H3;3-4H2,1-2H3;3H,1-2H3;3-6H,1-2H2;2*1-2H3;3-4H,1-2H3;1-2H3;3-4H,1-2H2;3*3H,2H2,1H3;6*1H4;4*1H. The Hall–Kier alpha value is -6.86. The number of rotatable bonds is 14. The van der Waals surface area contributed by atoms with Crippen LogP contribution in [0, 0.1) is 0 Å². The predicted octanol–water partition coefficient (Wildman–Crippen LogP) is 8.76. The average Bonchev–Trinajstić information content (AvgIpc) is 2.86. The number of carbonyl (C=O) groups is 9. The molecule has 0 aliphatic carbocycles. The molecule has 0 radical (unpaired) electrons. The number of benzene rings is 2. The molecule has 94 heavy (non-hydrogen) atoms. The second-order valence-corrected chi connectivity index (χ2v) is 15.3. The minimum atomic E-state index is -0.954. The van der Waals surface area contributed by atoms with E-state index in [1.54, 1.807) is 72.1 Å². The van der Waals surface area contributed by atoms with Crippen molar-refractivity contribution in [2.24, 2.45) is 4.99 Å². The highest BCUT2D eigenvalue weighted by atomic mass is 16.6. The highest BCUT2D eigenvalue weighted by Crippen LogP contribution is 1.99. The van der Waals surface area contributed by atoms with Crippen LogP contribution < -0.4 is 0 Å². The minimum Gasteiger partial charge on any atom is -0.469 e. The number of aliphatic hydroxyl groups is 10. The Labute approximate surface area is 573 Å². The Morgan fingerprint density at radius 2 is 0.713 bits per heavy atom. The Bertz CT molecular complexity index is 1720. The Balaban J connectivity index is -0.0000000299. The number of carbonyl (C=O) groups excluding carboxylic acids is 9. The van der Waals surface area contributed by atoms with E-state index in [9.17, 15) is 43.2 Å². The van der Waals surface area contributed by atoms with E-state index in [1.807, 2.05) is 43.3 Å². The lowest BCUT2D eigenvalue weighted by Gasteiger charge is -2.15. The molecule has 578 valence electrons. The third-order valence-electron chi connectivity index (χ3n) is 6.05. The maximum atomic E-state index is 10.8. The molecule has 0 aromatic heterocycles. The summed E-state index contributed by atoms with van der Waals surface area (Å²) in [6.45, 7) is 26.7. The smallest absolute Gasteiger partial charge is 0.337 e. The Morgan fingerprint density at radius 3 is 0.851 bits per heavy atom. The van der Waals surface area contributed by atoms with Crippen LogP contribution in [0.4, 0.5) is 0 Å². The largest absolute Gasteiger partial charge is 0.469 e. The van der Waals surface area contributed by atoms with Crippen LogP contribution in [0.1, 0.15) is 197 Å². The molecule has 2 rings (SSSR count). The number of aliphatic imine (C=N–C) groups is 1. The number of nitrogens with zero attached hydrogens (tertiary/aromatic N) is 1. The number of Topliss-reactive ketones (excluding diaryl/α,β-unsaturated/α-hetero) is 1. The second kappa shape index (κ2) is 131. The number of methoxy groups -OCH3 is 3. The third-order valence-corrected chi connectivity index (χ3v) is 6.05. The number of esters is 8. The van der Waals surface area contributed by atoms with Gasteiger partial charge in [0.05, 0.1) is 59.9 Å². The molecule has 0 saturated heterocycles. The summed E-state index contributed by atoms with van der Waals surface area (Å²) in [4.78, 5) is 94.9. The first kappa shape index (κ1) is 139. The third kappa shape index (κ3) is 250. The quantitative estimate of drug-likeness (QED) is 0.0365. The normalized spacial score (nSPS) is 7.81. The van der Waals surface area contributed by atoms with Crippen LogP contribution in [0.25, 0.3) is 0 Å². The van der Waals surface area contributed by atoms with Gasteiger partial charge in [-0.15, -0.1) is 0 Å². The van der Waals surface area contributed by atoms with Crippen LogP contribution in [-0.2, 0) is 82.9 Å².